The molecule has 0 atom stereocenters. The van der Waals surface area contributed by atoms with Crippen LogP contribution in [0.3, 0.4) is 0 Å². The normalized spacial score (nSPS) is 10.6. The molecule has 0 spiro atoms. The van der Waals surface area contributed by atoms with Crippen LogP contribution in [-0.4, -0.2) is 5.78 Å². The van der Waals surface area contributed by atoms with Gasteiger partial charge in [-0.05, 0) is 42.1 Å². The van der Waals surface area contributed by atoms with Gasteiger partial charge in [0.15, 0.2) is 5.78 Å². The zero-order valence-corrected chi connectivity index (χ0v) is 12.9. The monoisotopic (exact) mass is 310 g/mol. The van der Waals surface area contributed by atoms with Crippen LogP contribution in [0.2, 0.25) is 5.02 Å². The summed E-state index contributed by atoms with van der Waals surface area (Å²) in [4.78, 5) is 11.4. The summed E-state index contributed by atoms with van der Waals surface area (Å²) >= 11 is 6.17. The van der Waals surface area contributed by atoms with Crippen molar-refractivity contribution in [3.05, 3.63) is 76.8 Å². The van der Waals surface area contributed by atoms with E-state index in [1.807, 2.05) is 42.5 Å². The van der Waals surface area contributed by atoms with Crippen LogP contribution in [0.15, 0.2) is 60.7 Å². The van der Waals surface area contributed by atoms with Crippen molar-refractivity contribution in [1.29, 1.82) is 0 Å². The Morgan fingerprint density at radius 2 is 1.86 bits per heavy atom. The second kappa shape index (κ2) is 6.20. The predicted octanol–water partition coefficient (Wildman–Crippen LogP) is 5.27. The van der Waals surface area contributed by atoms with Gasteiger partial charge in [-0.25, -0.2) is 0 Å². The molecule has 0 bridgehead atoms. The third kappa shape index (κ3) is 3.12. The molecule has 0 aliphatic heterocycles. The van der Waals surface area contributed by atoms with Gasteiger partial charge < -0.3 is 4.74 Å². The minimum Gasteiger partial charge on any atom is -0.489 e. The molecule has 110 valence electrons. The summed E-state index contributed by atoms with van der Waals surface area (Å²) < 4.78 is 5.78. The van der Waals surface area contributed by atoms with E-state index in [2.05, 4.69) is 6.07 Å². The van der Waals surface area contributed by atoms with Gasteiger partial charge in [0.25, 0.3) is 0 Å². The first-order valence-electron chi connectivity index (χ1n) is 7.04. The minimum atomic E-state index is 0.0331. The number of carbonyl (C=O) groups is 1. The molecule has 3 aromatic carbocycles. The van der Waals surface area contributed by atoms with Gasteiger partial charge in [-0.3, -0.25) is 4.79 Å². The van der Waals surface area contributed by atoms with Crippen LogP contribution in [0.4, 0.5) is 0 Å². The van der Waals surface area contributed by atoms with Crippen LogP contribution in [0, 0.1) is 0 Å². The first-order chi connectivity index (χ1) is 10.6. The molecular weight excluding hydrogens is 296 g/mol. The summed E-state index contributed by atoms with van der Waals surface area (Å²) in [6, 6.07) is 19.1. The Morgan fingerprint density at radius 1 is 1.05 bits per heavy atom. The smallest absolute Gasteiger partial charge is 0.159 e. The van der Waals surface area contributed by atoms with Crippen molar-refractivity contribution in [1.82, 2.24) is 0 Å². The molecule has 0 aliphatic rings. The number of halogens is 1. The quantitative estimate of drug-likeness (QED) is 0.613. The molecule has 0 aliphatic carbocycles. The Balaban J connectivity index is 1.79. The summed E-state index contributed by atoms with van der Waals surface area (Å²) in [6.07, 6.45) is 0. The fourth-order valence-corrected chi connectivity index (χ4v) is 2.60. The molecule has 3 aromatic rings. The Morgan fingerprint density at radius 3 is 2.68 bits per heavy atom. The van der Waals surface area contributed by atoms with E-state index in [0.29, 0.717) is 17.9 Å². The van der Waals surface area contributed by atoms with Crippen molar-refractivity contribution in [3.63, 3.8) is 0 Å². The number of Topliss-reactive ketones (excluding diaryl/α,β-unsaturated/α-hetero) is 1. The molecule has 0 heterocycles. The first-order valence-corrected chi connectivity index (χ1v) is 7.42. The fraction of sp³-hybridized carbons (Fsp3) is 0.105. The van der Waals surface area contributed by atoms with E-state index in [4.69, 9.17) is 16.3 Å². The molecule has 0 saturated carbocycles. The van der Waals surface area contributed by atoms with Crippen molar-refractivity contribution in [2.24, 2.45) is 0 Å². The van der Waals surface area contributed by atoms with Crippen LogP contribution in [0.1, 0.15) is 22.8 Å². The summed E-state index contributed by atoms with van der Waals surface area (Å²) in [5.41, 5.74) is 1.71. The van der Waals surface area contributed by atoms with Crippen molar-refractivity contribution in [2.45, 2.75) is 13.5 Å². The predicted molar refractivity (Wildman–Crippen MR) is 89.7 cm³/mol. The first kappa shape index (κ1) is 14.6. The maximum Gasteiger partial charge on any atom is 0.159 e. The van der Waals surface area contributed by atoms with E-state index in [1.54, 1.807) is 19.1 Å². The second-order valence-corrected chi connectivity index (χ2v) is 5.58. The SMILES string of the molecule is CC(=O)c1cccc(OCc2ccc3c(Cl)cccc3c2)c1. The maximum absolute atomic E-state index is 11.4. The Labute approximate surface area is 134 Å². The van der Waals surface area contributed by atoms with Crippen LogP contribution in [0.25, 0.3) is 10.8 Å². The summed E-state index contributed by atoms with van der Waals surface area (Å²) in [6.45, 7) is 2.00. The zero-order valence-electron chi connectivity index (χ0n) is 12.2. The Hall–Kier alpha value is -2.32. The second-order valence-electron chi connectivity index (χ2n) is 5.17. The van der Waals surface area contributed by atoms with E-state index in [0.717, 1.165) is 21.4 Å². The molecule has 3 rings (SSSR count). The van der Waals surface area contributed by atoms with Gasteiger partial charge in [-0.1, -0.05) is 48.0 Å². The summed E-state index contributed by atoms with van der Waals surface area (Å²) in [7, 11) is 0. The van der Waals surface area contributed by atoms with Gasteiger partial charge in [0.2, 0.25) is 0 Å². The van der Waals surface area contributed by atoms with Crippen molar-refractivity contribution in [2.75, 3.05) is 0 Å². The molecule has 22 heavy (non-hydrogen) atoms. The minimum absolute atomic E-state index is 0.0331. The number of benzene rings is 3. The molecule has 0 amide bonds. The molecule has 0 aromatic heterocycles. The molecular formula is C19H15ClO2. The number of ketones is 1. The van der Waals surface area contributed by atoms with Gasteiger partial charge in [0.05, 0.1) is 0 Å². The summed E-state index contributed by atoms with van der Waals surface area (Å²) in [5.74, 6) is 0.727. The number of carbonyl (C=O) groups excluding carboxylic acids is 1. The summed E-state index contributed by atoms with van der Waals surface area (Å²) in [5, 5.41) is 2.87. The van der Waals surface area contributed by atoms with Gasteiger partial charge in [0, 0.05) is 16.0 Å². The molecule has 0 N–H and O–H groups in total. The van der Waals surface area contributed by atoms with Gasteiger partial charge in [-0.15, -0.1) is 0 Å². The van der Waals surface area contributed by atoms with Gasteiger partial charge >= 0.3 is 0 Å². The van der Waals surface area contributed by atoms with Crippen LogP contribution >= 0.6 is 11.6 Å². The largest absolute Gasteiger partial charge is 0.489 e. The number of hydrogen-bond acceptors (Lipinski definition) is 2. The van der Waals surface area contributed by atoms with Crippen LogP contribution < -0.4 is 4.74 Å². The molecule has 0 unspecified atom stereocenters. The highest BCUT2D eigenvalue weighted by molar-refractivity contribution is 6.35. The van der Waals surface area contributed by atoms with E-state index < -0.39 is 0 Å². The van der Waals surface area contributed by atoms with Crippen LogP contribution in [-0.2, 0) is 6.61 Å². The zero-order chi connectivity index (χ0) is 15.5. The Bertz CT molecular complexity index is 840. The van der Waals surface area contributed by atoms with Gasteiger partial charge in [-0.2, -0.15) is 0 Å². The number of rotatable bonds is 4. The van der Waals surface area contributed by atoms with E-state index in [-0.39, 0.29) is 5.78 Å². The third-order valence-corrected chi connectivity index (χ3v) is 3.87. The van der Waals surface area contributed by atoms with Crippen molar-refractivity contribution in [3.8, 4) is 5.75 Å². The fourth-order valence-electron chi connectivity index (χ4n) is 2.35. The topological polar surface area (TPSA) is 26.3 Å². The highest BCUT2D eigenvalue weighted by atomic mass is 35.5. The third-order valence-electron chi connectivity index (χ3n) is 3.54. The van der Waals surface area contributed by atoms with Crippen molar-refractivity contribution < 1.29 is 9.53 Å². The lowest BCUT2D eigenvalue weighted by Gasteiger charge is -2.08. The lowest BCUT2D eigenvalue weighted by Crippen LogP contribution is -1.97. The highest BCUT2D eigenvalue weighted by Gasteiger charge is 2.03. The Kier molecular flexibility index (Phi) is 4.12. The average molecular weight is 311 g/mol. The highest BCUT2D eigenvalue weighted by Crippen LogP contribution is 2.24. The van der Waals surface area contributed by atoms with E-state index in [1.165, 1.54) is 0 Å². The molecule has 0 fully saturated rings. The number of hydrogen-bond donors (Lipinski definition) is 0. The average Bonchev–Trinajstić information content (AvgIpc) is 2.53. The molecule has 0 radical (unpaired) electrons. The lowest BCUT2D eigenvalue weighted by atomic mass is 10.1. The standard InChI is InChI=1S/C19H15ClO2/c1-13(21)15-4-2-6-17(11-15)22-12-14-8-9-18-16(10-14)5-3-7-19(18)20/h2-11H,12H2,1H3. The number of fused-ring (bicyclic) bond motifs is 1. The number of ether oxygens (including phenoxy) is 1. The maximum atomic E-state index is 11.4. The van der Waals surface area contributed by atoms with Crippen molar-refractivity contribution >= 4 is 28.2 Å². The molecule has 2 nitrogen and oxygen atoms in total. The van der Waals surface area contributed by atoms with Crippen LogP contribution in [0.5, 0.6) is 5.75 Å². The molecule has 3 heteroatoms. The molecule has 0 saturated heterocycles. The van der Waals surface area contributed by atoms with Gasteiger partial charge in [0.1, 0.15) is 12.4 Å². The van der Waals surface area contributed by atoms with E-state index in [9.17, 15) is 4.79 Å². The van der Waals surface area contributed by atoms with E-state index >= 15 is 0 Å². The lowest BCUT2D eigenvalue weighted by molar-refractivity contribution is 0.101.